The van der Waals surface area contributed by atoms with Gasteiger partial charge in [-0.15, -0.1) is 0 Å². The average molecular weight is 398 g/mol. The Kier molecular flexibility index (Phi) is 6.86. The Bertz CT molecular complexity index is 811. The third kappa shape index (κ3) is 5.42. The van der Waals surface area contributed by atoms with Crippen LogP contribution in [0.4, 0.5) is 0 Å². The van der Waals surface area contributed by atoms with Crippen LogP contribution in [0.1, 0.15) is 55.0 Å². The van der Waals surface area contributed by atoms with Crippen LogP contribution < -0.4 is 5.32 Å². The molecule has 1 aliphatic rings. The number of rotatable bonds is 8. The first-order valence-electron chi connectivity index (χ1n) is 9.47. The molecule has 1 aliphatic heterocycles. The summed E-state index contributed by atoms with van der Waals surface area (Å²) in [5.74, 6) is 0.190. The van der Waals surface area contributed by atoms with Crippen molar-refractivity contribution in [3.63, 3.8) is 0 Å². The fourth-order valence-corrected chi connectivity index (χ4v) is 5.44. The number of amides is 1. The molecule has 2 heterocycles. The van der Waals surface area contributed by atoms with Crippen LogP contribution in [0.3, 0.4) is 0 Å². The molecule has 7 nitrogen and oxygen atoms in total. The second-order valence-electron chi connectivity index (χ2n) is 7.66. The summed E-state index contributed by atoms with van der Waals surface area (Å²) in [4.78, 5) is 26.6. The van der Waals surface area contributed by atoms with Crippen molar-refractivity contribution in [2.24, 2.45) is 0 Å². The highest BCUT2D eigenvalue weighted by molar-refractivity contribution is 7.91. The highest BCUT2D eigenvalue weighted by Gasteiger charge is 2.31. The van der Waals surface area contributed by atoms with Gasteiger partial charge in [0, 0.05) is 29.0 Å². The monoisotopic (exact) mass is 397 g/mol. The molecule has 1 amide bonds. The van der Waals surface area contributed by atoms with Crippen LogP contribution in [-0.4, -0.2) is 66.8 Å². The van der Waals surface area contributed by atoms with Gasteiger partial charge in [0.25, 0.3) is 0 Å². The van der Waals surface area contributed by atoms with Crippen molar-refractivity contribution in [3.05, 3.63) is 23.0 Å². The standard InChI is InChI=1S/C19H31N3O4S/c1-6-21(11-19(24)20-13(2)3)10-18(23)17-9-14(4)22(15(17)5)16-7-8-27(25,26)12-16/h9,13,16H,6-8,10-12H2,1-5H3,(H,20,24). The second-order valence-corrected chi connectivity index (χ2v) is 9.89. The minimum Gasteiger partial charge on any atom is -0.353 e. The Hall–Kier alpha value is -1.67. The molecule has 0 bridgehead atoms. The van der Waals surface area contributed by atoms with Gasteiger partial charge in [-0.2, -0.15) is 0 Å². The van der Waals surface area contributed by atoms with E-state index in [0.717, 1.165) is 11.4 Å². The summed E-state index contributed by atoms with van der Waals surface area (Å²) in [6.45, 7) is 10.4. The SMILES string of the molecule is CCN(CC(=O)NC(C)C)CC(=O)c1cc(C)n(C2CCS(=O)(=O)C2)c1C. The highest BCUT2D eigenvalue weighted by atomic mass is 32.2. The van der Waals surface area contributed by atoms with Gasteiger partial charge >= 0.3 is 0 Å². The molecule has 27 heavy (non-hydrogen) atoms. The topological polar surface area (TPSA) is 88.5 Å². The summed E-state index contributed by atoms with van der Waals surface area (Å²) in [6, 6.07) is 1.80. The molecule has 0 spiro atoms. The molecule has 1 N–H and O–H groups in total. The number of Topliss-reactive ketones (excluding diaryl/α,β-unsaturated/α-hetero) is 1. The molecule has 0 saturated carbocycles. The Labute approximate surface area is 162 Å². The molecule has 0 aliphatic carbocycles. The Morgan fingerprint density at radius 1 is 1.30 bits per heavy atom. The summed E-state index contributed by atoms with van der Waals surface area (Å²) in [7, 11) is -2.99. The van der Waals surface area contributed by atoms with E-state index >= 15 is 0 Å². The number of likely N-dealkylation sites (N-methyl/N-ethyl adjacent to an activating group) is 1. The molecule has 1 aromatic heterocycles. The van der Waals surface area contributed by atoms with Gasteiger partial charge in [0.2, 0.25) is 5.91 Å². The number of ketones is 1. The molecule has 1 aromatic rings. The van der Waals surface area contributed by atoms with Gasteiger partial charge in [-0.05, 0) is 46.7 Å². The van der Waals surface area contributed by atoms with Crippen molar-refractivity contribution in [2.45, 2.75) is 53.1 Å². The summed E-state index contributed by atoms with van der Waals surface area (Å²) < 4.78 is 25.6. The minimum atomic E-state index is -2.99. The maximum Gasteiger partial charge on any atom is 0.234 e. The quantitative estimate of drug-likeness (QED) is 0.672. The second kappa shape index (κ2) is 8.56. The van der Waals surface area contributed by atoms with Gasteiger partial charge in [-0.25, -0.2) is 8.42 Å². The van der Waals surface area contributed by atoms with E-state index in [2.05, 4.69) is 5.32 Å². The number of hydrogen-bond donors (Lipinski definition) is 1. The van der Waals surface area contributed by atoms with Crippen molar-refractivity contribution in [3.8, 4) is 0 Å². The lowest BCUT2D eigenvalue weighted by Gasteiger charge is -2.20. The smallest absolute Gasteiger partial charge is 0.234 e. The maximum absolute atomic E-state index is 12.8. The molecule has 0 aromatic carbocycles. The molecular weight excluding hydrogens is 366 g/mol. The van der Waals surface area contributed by atoms with Crippen LogP contribution in [-0.2, 0) is 14.6 Å². The van der Waals surface area contributed by atoms with E-state index in [0.29, 0.717) is 18.5 Å². The highest BCUT2D eigenvalue weighted by Crippen LogP contribution is 2.29. The Balaban J connectivity index is 2.12. The maximum atomic E-state index is 12.8. The number of aryl methyl sites for hydroxylation is 1. The fourth-order valence-electron chi connectivity index (χ4n) is 3.74. The summed E-state index contributed by atoms with van der Waals surface area (Å²) in [6.07, 6.45) is 0.586. The van der Waals surface area contributed by atoms with Gasteiger partial charge in [0.1, 0.15) is 0 Å². The number of aromatic nitrogens is 1. The largest absolute Gasteiger partial charge is 0.353 e. The van der Waals surface area contributed by atoms with E-state index in [9.17, 15) is 18.0 Å². The lowest BCUT2D eigenvalue weighted by molar-refractivity contribution is -0.122. The third-order valence-electron chi connectivity index (χ3n) is 4.99. The number of carbonyl (C=O) groups excluding carboxylic acids is 2. The molecule has 2 rings (SSSR count). The Morgan fingerprint density at radius 3 is 2.48 bits per heavy atom. The van der Waals surface area contributed by atoms with Crippen molar-refractivity contribution in [1.29, 1.82) is 0 Å². The third-order valence-corrected chi connectivity index (χ3v) is 6.74. The zero-order valence-corrected chi connectivity index (χ0v) is 17.7. The van der Waals surface area contributed by atoms with E-state index in [1.165, 1.54) is 0 Å². The van der Waals surface area contributed by atoms with Crippen molar-refractivity contribution in [2.75, 3.05) is 31.1 Å². The van der Waals surface area contributed by atoms with Crippen LogP contribution in [0.25, 0.3) is 0 Å². The van der Waals surface area contributed by atoms with E-state index in [1.54, 1.807) is 0 Å². The lowest BCUT2D eigenvalue weighted by Crippen LogP contribution is -2.41. The molecule has 152 valence electrons. The van der Waals surface area contributed by atoms with Gasteiger partial charge in [0.15, 0.2) is 15.6 Å². The number of sulfone groups is 1. The summed E-state index contributed by atoms with van der Waals surface area (Å²) in [5, 5.41) is 2.84. The molecule has 8 heteroatoms. The first-order chi connectivity index (χ1) is 12.5. The fraction of sp³-hybridized carbons (Fsp3) is 0.684. The number of carbonyl (C=O) groups is 2. The first kappa shape index (κ1) is 21.6. The van der Waals surface area contributed by atoms with Crippen molar-refractivity contribution in [1.82, 2.24) is 14.8 Å². The van der Waals surface area contributed by atoms with E-state index < -0.39 is 9.84 Å². The summed E-state index contributed by atoms with van der Waals surface area (Å²) in [5.41, 5.74) is 2.32. The van der Waals surface area contributed by atoms with Crippen molar-refractivity contribution < 1.29 is 18.0 Å². The molecule has 0 radical (unpaired) electrons. The van der Waals surface area contributed by atoms with Crippen LogP contribution in [0.15, 0.2) is 6.07 Å². The van der Waals surface area contributed by atoms with Crippen LogP contribution >= 0.6 is 0 Å². The lowest BCUT2D eigenvalue weighted by atomic mass is 10.1. The van der Waals surface area contributed by atoms with Gasteiger partial charge in [-0.3, -0.25) is 14.5 Å². The Morgan fingerprint density at radius 2 is 1.96 bits per heavy atom. The molecule has 1 fully saturated rings. The van der Waals surface area contributed by atoms with E-state index in [4.69, 9.17) is 0 Å². The predicted molar refractivity (Wildman–Crippen MR) is 106 cm³/mol. The summed E-state index contributed by atoms with van der Waals surface area (Å²) >= 11 is 0. The van der Waals surface area contributed by atoms with E-state index in [-0.39, 0.29) is 48.4 Å². The molecule has 1 saturated heterocycles. The number of hydrogen-bond acceptors (Lipinski definition) is 5. The first-order valence-corrected chi connectivity index (χ1v) is 11.3. The molecular formula is C19H31N3O4S. The zero-order chi connectivity index (χ0) is 20.4. The molecule has 1 atom stereocenters. The number of nitrogens with zero attached hydrogens (tertiary/aromatic N) is 2. The van der Waals surface area contributed by atoms with Crippen LogP contribution in [0.2, 0.25) is 0 Å². The zero-order valence-electron chi connectivity index (χ0n) is 16.9. The average Bonchev–Trinajstić information content (AvgIpc) is 3.04. The normalized spacial score (nSPS) is 19.0. The van der Waals surface area contributed by atoms with Gasteiger partial charge < -0.3 is 9.88 Å². The van der Waals surface area contributed by atoms with Crippen LogP contribution in [0, 0.1) is 13.8 Å². The van der Waals surface area contributed by atoms with Gasteiger partial charge in [-0.1, -0.05) is 6.92 Å². The van der Waals surface area contributed by atoms with Gasteiger partial charge in [0.05, 0.1) is 24.6 Å². The molecule has 1 unspecified atom stereocenters. The van der Waals surface area contributed by atoms with Crippen LogP contribution in [0.5, 0.6) is 0 Å². The van der Waals surface area contributed by atoms with Crippen molar-refractivity contribution >= 4 is 21.5 Å². The number of nitrogens with one attached hydrogen (secondary N) is 1. The van der Waals surface area contributed by atoms with E-state index in [1.807, 2.05) is 50.2 Å². The minimum absolute atomic E-state index is 0.0469. The predicted octanol–water partition coefficient (Wildman–Crippen LogP) is 1.49.